The fourth-order valence-electron chi connectivity index (χ4n) is 3.22. The third-order valence-electron chi connectivity index (χ3n) is 4.44. The summed E-state index contributed by atoms with van der Waals surface area (Å²) in [6.45, 7) is 2.73. The number of likely N-dealkylation sites (tertiary alicyclic amines) is 1. The molecular weight excluding hydrogens is 276 g/mol. The topological polar surface area (TPSA) is 63.4 Å². The zero-order chi connectivity index (χ0) is 15.9. The van der Waals surface area contributed by atoms with E-state index in [0.717, 1.165) is 32.1 Å². The van der Waals surface area contributed by atoms with Gasteiger partial charge in [0.2, 0.25) is 11.8 Å². The van der Waals surface area contributed by atoms with Crippen LogP contribution in [0.15, 0.2) is 30.3 Å². The van der Waals surface area contributed by atoms with Gasteiger partial charge < -0.3 is 10.6 Å². The minimum atomic E-state index is -0.439. The van der Waals surface area contributed by atoms with Crippen molar-refractivity contribution in [1.82, 2.24) is 4.90 Å². The summed E-state index contributed by atoms with van der Waals surface area (Å²) in [4.78, 5) is 26.2. The summed E-state index contributed by atoms with van der Waals surface area (Å²) in [6, 6.07) is 9.63. The average Bonchev–Trinajstić information content (AvgIpc) is 2.52. The molecule has 0 bridgehead atoms. The van der Waals surface area contributed by atoms with Crippen molar-refractivity contribution in [3.8, 4) is 0 Å². The zero-order valence-corrected chi connectivity index (χ0v) is 13.3. The van der Waals surface area contributed by atoms with E-state index in [1.54, 1.807) is 4.90 Å². The summed E-state index contributed by atoms with van der Waals surface area (Å²) < 4.78 is 0. The van der Waals surface area contributed by atoms with Crippen molar-refractivity contribution in [2.24, 2.45) is 11.7 Å². The quantitative estimate of drug-likeness (QED) is 0.841. The molecule has 4 nitrogen and oxygen atoms in total. The Kier molecular flexibility index (Phi) is 5.99. The van der Waals surface area contributed by atoms with Crippen LogP contribution in [0.25, 0.3) is 0 Å². The lowest BCUT2D eigenvalue weighted by atomic mass is 9.89. The van der Waals surface area contributed by atoms with Gasteiger partial charge in [-0.25, -0.2) is 0 Å². The third-order valence-corrected chi connectivity index (χ3v) is 4.44. The van der Waals surface area contributed by atoms with Crippen LogP contribution >= 0.6 is 0 Å². The molecule has 0 saturated carbocycles. The van der Waals surface area contributed by atoms with E-state index in [-0.39, 0.29) is 17.7 Å². The highest BCUT2D eigenvalue weighted by Gasteiger charge is 2.35. The second-order valence-corrected chi connectivity index (χ2v) is 6.12. The number of nitrogens with zero attached hydrogens (tertiary/aromatic N) is 1. The maximum absolute atomic E-state index is 12.8. The molecule has 1 unspecified atom stereocenters. The molecule has 120 valence electrons. The predicted molar refractivity (Wildman–Crippen MR) is 87.1 cm³/mol. The molecule has 1 heterocycles. The van der Waals surface area contributed by atoms with E-state index in [4.69, 9.17) is 5.73 Å². The highest BCUT2D eigenvalue weighted by Crippen LogP contribution is 2.25. The van der Waals surface area contributed by atoms with Crippen LogP contribution in [0, 0.1) is 5.92 Å². The van der Waals surface area contributed by atoms with Crippen LogP contribution in [0.2, 0.25) is 0 Å². The van der Waals surface area contributed by atoms with Gasteiger partial charge in [-0.05, 0) is 31.2 Å². The minimum absolute atomic E-state index is 0.0281. The zero-order valence-electron chi connectivity index (χ0n) is 13.3. The lowest BCUT2D eigenvalue weighted by molar-refractivity contribution is -0.145. The third kappa shape index (κ3) is 4.09. The Labute approximate surface area is 132 Å². The normalized spacial score (nSPS) is 20.0. The highest BCUT2D eigenvalue weighted by molar-refractivity contribution is 5.88. The molecule has 1 fully saturated rings. The number of unbranched alkanes of at least 4 members (excludes halogenated alkanes) is 1. The number of carbonyl (C=O) groups excluding carboxylic acids is 2. The molecule has 0 radical (unpaired) electrons. The molecule has 1 aliphatic rings. The lowest BCUT2D eigenvalue weighted by Gasteiger charge is -2.37. The summed E-state index contributed by atoms with van der Waals surface area (Å²) in [6.07, 6.45) is 5.17. The second-order valence-electron chi connectivity index (χ2n) is 6.12. The monoisotopic (exact) mass is 302 g/mol. The van der Waals surface area contributed by atoms with Gasteiger partial charge in [-0.2, -0.15) is 0 Å². The van der Waals surface area contributed by atoms with Gasteiger partial charge in [-0.3, -0.25) is 9.59 Å². The van der Waals surface area contributed by atoms with Gasteiger partial charge in [0.05, 0.1) is 0 Å². The van der Waals surface area contributed by atoms with Crippen molar-refractivity contribution in [3.63, 3.8) is 0 Å². The standard InChI is InChI=1S/C18H26N2O2/c1-2-3-11-16(17(19)21)20-12-7-10-15(18(20)22)13-14-8-5-4-6-9-14/h4-6,8-9,15-16H,2-3,7,10-13H2,1H3,(H2,19,21)/t15?,16-/m0/s1. The first-order valence-electron chi connectivity index (χ1n) is 8.27. The molecule has 0 aromatic heterocycles. The maximum Gasteiger partial charge on any atom is 0.240 e. The number of hydrogen-bond donors (Lipinski definition) is 1. The van der Waals surface area contributed by atoms with Gasteiger partial charge in [-0.1, -0.05) is 50.1 Å². The molecule has 2 amide bonds. The number of piperidine rings is 1. The van der Waals surface area contributed by atoms with E-state index >= 15 is 0 Å². The van der Waals surface area contributed by atoms with E-state index in [1.807, 2.05) is 18.2 Å². The Morgan fingerprint density at radius 1 is 1.36 bits per heavy atom. The van der Waals surface area contributed by atoms with E-state index in [9.17, 15) is 9.59 Å². The van der Waals surface area contributed by atoms with Crippen LogP contribution in [0.3, 0.4) is 0 Å². The van der Waals surface area contributed by atoms with E-state index < -0.39 is 6.04 Å². The molecule has 2 N–H and O–H groups in total. The summed E-state index contributed by atoms with van der Waals surface area (Å²) in [5, 5.41) is 0. The Morgan fingerprint density at radius 3 is 2.73 bits per heavy atom. The van der Waals surface area contributed by atoms with Gasteiger partial charge in [0.1, 0.15) is 6.04 Å². The summed E-state index contributed by atoms with van der Waals surface area (Å²) in [5.41, 5.74) is 6.71. The number of amides is 2. The Morgan fingerprint density at radius 2 is 2.09 bits per heavy atom. The van der Waals surface area contributed by atoms with Crippen LogP contribution in [-0.4, -0.2) is 29.3 Å². The second kappa shape index (κ2) is 7.97. The molecule has 1 saturated heterocycles. The number of benzene rings is 1. The number of rotatable bonds is 7. The number of primary amides is 1. The van der Waals surface area contributed by atoms with E-state index in [1.165, 1.54) is 5.56 Å². The van der Waals surface area contributed by atoms with E-state index in [0.29, 0.717) is 13.0 Å². The number of carbonyl (C=O) groups is 2. The first kappa shape index (κ1) is 16.5. The number of nitrogens with two attached hydrogens (primary N) is 1. The highest BCUT2D eigenvalue weighted by atomic mass is 16.2. The molecule has 1 aromatic carbocycles. The Hall–Kier alpha value is -1.84. The molecule has 1 aliphatic heterocycles. The average molecular weight is 302 g/mol. The van der Waals surface area contributed by atoms with Gasteiger partial charge in [0.15, 0.2) is 0 Å². The fourth-order valence-corrected chi connectivity index (χ4v) is 3.22. The summed E-state index contributed by atoms with van der Waals surface area (Å²) in [7, 11) is 0. The van der Waals surface area contributed by atoms with Crippen molar-refractivity contribution in [2.45, 2.75) is 51.5 Å². The summed E-state index contributed by atoms with van der Waals surface area (Å²) in [5.74, 6) is -0.309. The van der Waals surface area contributed by atoms with Gasteiger partial charge in [0, 0.05) is 12.5 Å². The van der Waals surface area contributed by atoms with Crippen molar-refractivity contribution in [3.05, 3.63) is 35.9 Å². The largest absolute Gasteiger partial charge is 0.368 e. The molecule has 2 atom stereocenters. The first-order valence-corrected chi connectivity index (χ1v) is 8.27. The predicted octanol–water partition coefficient (Wildman–Crippen LogP) is 2.51. The van der Waals surface area contributed by atoms with Crippen molar-refractivity contribution < 1.29 is 9.59 Å². The van der Waals surface area contributed by atoms with Gasteiger partial charge in [-0.15, -0.1) is 0 Å². The van der Waals surface area contributed by atoms with Crippen molar-refractivity contribution in [1.29, 1.82) is 0 Å². The van der Waals surface area contributed by atoms with E-state index in [2.05, 4.69) is 19.1 Å². The van der Waals surface area contributed by atoms with Crippen LogP contribution < -0.4 is 5.73 Å². The van der Waals surface area contributed by atoms with Crippen LogP contribution in [0.5, 0.6) is 0 Å². The van der Waals surface area contributed by atoms with Crippen molar-refractivity contribution >= 4 is 11.8 Å². The molecular formula is C18H26N2O2. The Bertz CT molecular complexity index is 501. The van der Waals surface area contributed by atoms with Crippen LogP contribution in [0.4, 0.5) is 0 Å². The molecule has 1 aromatic rings. The van der Waals surface area contributed by atoms with Crippen molar-refractivity contribution in [2.75, 3.05) is 6.54 Å². The SMILES string of the molecule is CCCC[C@@H](C(N)=O)N1CCCC(Cc2ccccc2)C1=O. The molecule has 0 spiro atoms. The maximum atomic E-state index is 12.8. The molecule has 0 aliphatic carbocycles. The van der Waals surface area contributed by atoms with Gasteiger partial charge in [0.25, 0.3) is 0 Å². The molecule has 2 rings (SSSR count). The first-order chi connectivity index (χ1) is 10.6. The number of hydrogen-bond acceptors (Lipinski definition) is 2. The summed E-state index contributed by atoms with van der Waals surface area (Å²) >= 11 is 0. The molecule has 22 heavy (non-hydrogen) atoms. The lowest BCUT2D eigenvalue weighted by Crippen LogP contribution is -2.52. The van der Waals surface area contributed by atoms with Crippen LogP contribution in [0.1, 0.15) is 44.6 Å². The molecule has 4 heteroatoms. The smallest absolute Gasteiger partial charge is 0.240 e. The fraction of sp³-hybridized carbons (Fsp3) is 0.556. The van der Waals surface area contributed by atoms with Crippen LogP contribution in [-0.2, 0) is 16.0 Å². The van der Waals surface area contributed by atoms with Gasteiger partial charge >= 0.3 is 0 Å². The minimum Gasteiger partial charge on any atom is -0.368 e. The Balaban J connectivity index is 2.06.